The van der Waals surface area contributed by atoms with E-state index in [0.717, 1.165) is 12.1 Å². The van der Waals surface area contributed by atoms with Crippen LogP contribution >= 0.6 is 0 Å². The average molecular weight is 453 g/mol. The highest BCUT2D eigenvalue weighted by molar-refractivity contribution is 5.64. The van der Waals surface area contributed by atoms with Gasteiger partial charge in [0, 0.05) is 0 Å². The standard InChI is InChI=1S/C25H18F3NO4/c1-32-22-12-14(10-18-23(30)16-4-2-3-5-17(16)24(18)31)6-9-21(22)33-20-8-7-15(13-29)11-19(20)25(26,27)28/h2-12,23-24,30-31H,1H3. The predicted octanol–water partition coefficient (Wildman–Crippen LogP) is 5.54. The number of hydrogen-bond acceptors (Lipinski definition) is 5. The van der Waals surface area contributed by atoms with E-state index in [1.54, 1.807) is 42.5 Å². The van der Waals surface area contributed by atoms with Crippen molar-refractivity contribution >= 4 is 6.08 Å². The molecule has 168 valence electrons. The monoisotopic (exact) mass is 453 g/mol. The topological polar surface area (TPSA) is 82.7 Å². The summed E-state index contributed by atoms with van der Waals surface area (Å²) in [4.78, 5) is 0. The minimum Gasteiger partial charge on any atom is -0.493 e. The Kier molecular flexibility index (Phi) is 5.85. The van der Waals surface area contributed by atoms with Gasteiger partial charge in [-0.2, -0.15) is 18.4 Å². The lowest BCUT2D eigenvalue weighted by atomic mass is 10.0. The van der Waals surface area contributed by atoms with Gasteiger partial charge in [0.2, 0.25) is 0 Å². The van der Waals surface area contributed by atoms with Crippen molar-refractivity contribution in [3.05, 3.63) is 94.1 Å². The molecule has 2 N–H and O–H groups in total. The van der Waals surface area contributed by atoms with Crippen LogP contribution in [0.2, 0.25) is 0 Å². The maximum Gasteiger partial charge on any atom is 0.420 e. The first-order chi connectivity index (χ1) is 15.7. The second kappa shape index (κ2) is 8.62. The molecule has 0 bridgehead atoms. The Labute approximate surface area is 187 Å². The number of nitriles is 1. The Morgan fingerprint density at radius 2 is 1.55 bits per heavy atom. The van der Waals surface area contributed by atoms with Gasteiger partial charge in [0.05, 0.1) is 24.3 Å². The van der Waals surface area contributed by atoms with Gasteiger partial charge in [-0.25, -0.2) is 0 Å². The maximum atomic E-state index is 13.5. The molecule has 0 aromatic heterocycles. The van der Waals surface area contributed by atoms with E-state index in [1.807, 2.05) is 0 Å². The molecule has 3 aromatic carbocycles. The zero-order chi connectivity index (χ0) is 23.8. The zero-order valence-electron chi connectivity index (χ0n) is 17.3. The Bertz CT molecular complexity index is 1250. The molecule has 0 amide bonds. The van der Waals surface area contributed by atoms with Crippen molar-refractivity contribution < 1.29 is 32.9 Å². The second-order valence-corrected chi connectivity index (χ2v) is 7.41. The van der Waals surface area contributed by atoms with Crippen LogP contribution in [0.5, 0.6) is 17.2 Å². The van der Waals surface area contributed by atoms with Crippen LogP contribution in [-0.2, 0) is 6.18 Å². The Morgan fingerprint density at radius 1 is 0.909 bits per heavy atom. The van der Waals surface area contributed by atoms with E-state index in [0.29, 0.717) is 22.3 Å². The van der Waals surface area contributed by atoms with Gasteiger partial charge in [-0.05, 0) is 58.7 Å². The summed E-state index contributed by atoms with van der Waals surface area (Å²) in [6.07, 6.45) is -5.08. The van der Waals surface area contributed by atoms with Crippen molar-refractivity contribution in [3.63, 3.8) is 0 Å². The molecule has 5 nitrogen and oxygen atoms in total. The molecule has 0 aliphatic heterocycles. The highest BCUT2D eigenvalue weighted by atomic mass is 19.4. The lowest BCUT2D eigenvalue weighted by Crippen LogP contribution is -2.08. The summed E-state index contributed by atoms with van der Waals surface area (Å²) in [6.45, 7) is 0. The highest BCUT2D eigenvalue weighted by Gasteiger charge is 2.35. The molecule has 1 aliphatic carbocycles. The Morgan fingerprint density at radius 3 is 2.12 bits per heavy atom. The van der Waals surface area contributed by atoms with Crippen LogP contribution in [-0.4, -0.2) is 17.3 Å². The lowest BCUT2D eigenvalue weighted by molar-refractivity contribution is -0.138. The molecule has 3 aromatic rings. The molecule has 0 radical (unpaired) electrons. The fourth-order valence-electron chi connectivity index (χ4n) is 3.75. The summed E-state index contributed by atoms with van der Waals surface area (Å²) >= 11 is 0. The normalized spacial score (nSPS) is 17.3. The Hall–Kier alpha value is -3.80. The molecule has 33 heavy (non-hydrogen) atoms. The van der Waals surface area contributed by atoms with Crippen LogP contribution in [0.4, 0.5) is 13.2 Å². The van der Waals surface area contributed by atoms with Crippen LogP contribution in [0.15, 0.2) is 66.2 Å². The van der Waals surface area contributed by atoms with Crippen LogP contribution in [0.1, 0.15) is 40.0 Å². The van der Waals surface area contributed by atoms with Crippen molar-refractivity contribution in [2.45, 2.75) is 18.4 Å². The molecular weight excluding hydrogens is 435 g/mol. The summed E-state index contributed by atoms with van der Waals surface area (Å²) in [5.74, 6) is -0.282. The molecule has 2 atom stereocenters. The number of benzene rings is 3. The minimum absolute atomic E-state index is 0.0330. The van der Waals surface area contributed by atoms with Gasteiger partial charge in [-0.3, -0.25) is 0 Å². The third kappa shape index (κ3) is 4.29. The number of methoxy groups -OCH3 is 1. The number of aliphatic hydroxyl groups excluding tert-OH is 2. The minimum atomic E-state index is -4.72. The summed E-state index contributed by atoms with van der Waals surface area (Å²) in [5.41, 5.74) is 0.935. The van der Waals surface area contributed by atoms with Crippen molar-refractivity contribution in [2.24, 2.45) is 0 Å². The van der Waals surface area contributed by atoms with Gasteiger partial charge in [-0.15, -0.1) is 0 Å². The van der Waals surface area contributed by atoms with E-state index in [1.165, 1.54) is 25.3 Å². The quantitative estimate of drug-likeness (QED) is 0.542. The number of alkyl halides is 3. The smallest absolute Gasteiger partial charge is 0.420 e. The van der Waals surface area contributed by atoms with E-state index in [9.17, 15) is 23.4 Å². The molecule has 4 rings (SSSR count). The van der Waals surface area contributed by atoms with E-state index >= 15 is 0 Å². The number of hydrogen-bond donors (Lipinski definition) is 2. The third-order valence-electron chi connectivity index (χ3n) is 5.37. The summed E-state index contributed by atoms with van der Waals surface area (Å²) in [6, 6.07) is 16.3. The fourth-order valence-corrected chi connectivity index (χ4v) is 3.75. The van der Waals surface area contributed by atoms with Crippen molar-refractivity contribution in [2.75, 3.05) is 7.11 Å². The number of ether oxygens (including phenoxy) is 2. The van der Waals surface area contributed by atoms with Crippen molar-refractivity contribution in [1.29, 1.82) is 5.26 Å². The van der Waals surface area contributed by atoms with Crippen molar-refractivity contribution in [3.8, 4) is 23.3 Å². The van der Waals surface area contributed by atoms with Crippen LogP contribution in [0.25, 0.3) is 6.08 Å². The molecule has 0 saturated heterocycles. The van der Waals surface area contributed by atoms with Crippen molar-refractivity contribution in [1.82, 2.24) is 0 Å². The predicted molar refractivity (Wildman–Crippen MR) is 114 cm³/mol. The Balaban J connectivity index is 1.67. The van der Waals surface area contributed by atoms with E-state index in [-0.39, 0.29) is 17.1 Å². The second-order valence-electron chi connectivity index (χ2n) is 7.41. The highest BCUT2D eigenvalue weighted by Crippen LogP contribution is 2.45. The van der Waals surface area contributed by atoms with E-state index in [4.69, 9.17) is 14.7 Å². The molecule has 0 fully saturated rings. The molecule has 1 aliphatic rings. The fraction of sp³-hybridized carbons (Fsp3) is 0.160. The van der Waals surface area contributed by atoms with Crippen LogP contribution < -0.4 is 9.47 Å². The van der Waals surface area contributed by atoms with Gasteiger partial charge in [0.1, 0.15) is 18.0 Å². The molecule has 0 saturated carbocycles. The van der Waals surface area contributed by atoms with Gasteiger partial charge in [0.15, 0.2) is 11.5 Å². The average Bonchev–Trinajstić information content (AvgIpc) is 3.04. The first-order valence-corrected chi connectivity index (χ1v) is 9.86. The number of rotatable bonds is 4. The zero-order valence-corrected chi connectivity index (χ0v) is 17.3. The van der Waals surface area contributed by atoms with Gasteiger partial charge < -0.3 is 19.7 Å². The number of fused-ring (bicyclic) bond motifs is 1. The third-order valence-corrected chi connectivity index (χ3v) is 5.37. The summed E-state index contributed by atoms with van der Waals surface area (Å²) in [7, 11) is 1.34. The number of nitrogens with zero attached hydrogens (tertiary/aromatic N) is 1. The van der Waals surface area contributed by atoms with Crippen LogP contribution in [0.3, 0.4) is 0 Å². The lowest BCUT2D eigenvalue weighted by Gasteiger charge is -2.16. The van der Waals surface area contributed by atoms with Crippen LogP contribution in [0, 0.1) is 11.3 Å². The maximum absolute atomic E-state index is 13.5. The number of aliphatic hydroxyl groups is 2. The molecule has 2 unspecified atom stereocenters. The molecule has 8 heteroatoms. The van der Waals surface area contributed by atoms with Gasteiger partial charge in [0.25, 0.3) is 0 Å². The first kappa shape index (κ1) is 22.4. The first-order valence-electron chi connectivity index (χ1n) is 9.86. The summed E-state index contributed by atoms with van der Waals surface area (Å²) in [5, 5.41) is 30.1. The summed E-state index contributed by atoms with van der Waals surface area (Å²) < 4.78 is 51.2. The SMILES string of the molecule is COc1cc(C=C2C(O)c3ccccc3C2O)ccc1Oc1ccc(C#N)cc1C(F)(F)F. The molecule has 0 spiro atoms. The van der Waals surface area contributed by atoms with Gasteiger partial charge in [-0.1, -0.05) is 30.3 Å². The largest absolute Gasteiger partial charge is 0.493 e. The number of halogens is 3. The molecule has 0 heterocycles. The van der Waals surface area contributed by atoms with Gasteiger partial charge >= 0.3 is 6.18 Å². The molecular formula is C25H18F3NO4. The van der Waals surface area contributed by atoms with E-state index in [2.05, 4.69) is 0 Å². The van der Waals surface area contributed by atoms with E-state index < -0.39 is 29.7 Å².